The van der Waals surface area contributed by atoms with Crippen molar-refractivity contribution in [1.29, 1.82) is 0 Å². The van der Waals surface area contributed by atoms with Gasteiger partial charge >= 0.3 is 0 Å². The topological polar surface area (TPSA) is 25.8 Å². The summed E-state index contributed by atoms with van der Waals surface area (Å²) in [6.45, 7) is 4.76. The van der Waals surface area contributed by atoms with E-state index in [1.807, 2.05) is 6.07 Å². The van der Waals surface area contributed by atoms with Gasteiger partial charge in [0, 0.05) is 22.1 Å². The molecule has 1 aliphatic carbocycles. The molecular formula is C55H38N2. The molecule has 10 aromatic rings. The van der Waals surface area contributed by atoms with Gasteiger partial charge in [-0.2, -0.15) is 0 Å². The third-order valence-electron chi connectivity index (χ3n) is 12.1. The molecule has 0 unspecified atom stereocenters. The van der Waals surface area contributed by atoms with Crippen LogP contribution in [-0.2, 0) is 5.41 Å². The summed E-state index contributed by atoms with van der Waals surface area (Å²) in [5, 5.41) is 7.47. The number of rotatable bonds is 5. The van der Waals surface area contributed by atoms with Crippen LogP contribution in [0.5, 0.6) is 0 Å². The molecule has 0 bridgehead atoms. The van der Waals surface area contributed by atoms with Crippen LogP contribution in [0, 0.1) is 0 Å². The normalized spacial score (nSPS) is 12.9. The quantitative estimate of drug-likeness (QED) is 0.176. The zero-order valence-electron chi connectivity index (χ0n) is 31.9. The average Bonchev–Trinajstić information content (AvgIpc) is 3.51. The van der Waals surface area contributed by atoms with Crippen LogP contribution in [0.2, 0.25) is 0 Å². The van der Waals surface area contributed by atoms with Gasteiger partial charge in [-0.05, 0) is 95.0 Å². The second-order valence-electron chi connectivity index (χ2n) is 15.7. The van der Waals surface area contributed by atoms with Crippen LogP contribution in [0.1, 0.15) is 25.0 Å². The number of nitrogens with zero attached hydrogens (tertiary/aromatic N) is 2. The van der Waals surface area contributed by atoms with Gasteiger partial charge in [-0.15, -0.1) is 0 Å². The number of aromatic nitrogens is 2. The predicted octanol–water partition coefficient (Wildman–Crippen LogP) is 14.6. The standard InChI is InChI=1S/C55H38N2/c1-55(2)50-33-39(27-28-47(50)49-29-26-36-15-7-9-22-44(36)53(49)55)43-30-31-48(46-24-11-10-23-45(43)46)52-34-51(56-54(57-52)37-16-4-3-5-17-37)40-20-12-19-38(32-40)42-25-13-18-35-14-6-8-21-41(35)42/h3-34H,1-2H3. The molecule has 0 radical (unpaired) electrons. The van der Waals surface area contributed by atoms with E-state index in [9.17, 15) is 0 Å². The zero-order chi connectivity index (χ0) is 38.1. The highest BCUT2D eigenvalue weighted by Gasteiger charge is 2.37. The van der Waals surface area contributed by atoms with Gasteiger partial charge in [0.2, 0.25) is 0 Å². The monoisotopic (exact) mass is 726 g/mol. The third kappa shape index (κ3) is 5.40. The van der Waals surface area contributed by atoms with E-state index in [4.69, 9.17) is 9.97 Å². The Morgan fingerprint density at radius 2 is 0.877 bits per heavy atom. The molecule has 0 N–H and O–H groups in total. The first-order chi connectivity index (χ1) is 28.0. The molecule has 1 heterocycles. The Balaban J connectivity index is 1.05. The predicted molar refractivity (Wildman–Crippen MR) is 239 cm³/mol. The Morgan fingerprint density at radius 1 is 0.333 bits per heavy atom. The van der Waals surface area contributed by atoms with Crippen molar-refractivity contribution in [3.8, 4) is 67.3 Å². The lowest BCUT2D eigenvalue weighted by Crippen LogP contribution is -2.15. The van der Waals surface area contributed by atoms with Gasteiger partial charge < -0.3 is 0 Å². The molecule has 1 aliphatic rings. The Hall–Kier alpha value is -7.16. The van der Waals surface area contributed by atoms with Gasteiger partial charge in [0.05, 0.1) is 11.4 Å². The van der Waals surface area contributed by atoms with Crippen molar-refractivity contribution < 1.29 is 0 Å². The number of hydrogen-bond donors (Lipinski definition) is 0. The first-order valence-electron chi connectivity index (χ1n) is 19.7. The summed E-state index contributed by atoms with van der Waals surface area (Å²) >= 11 is 0. The Kier molecular flexibility index (Phi) is 7.55. The van der Waals surface area contributed by atoms with Crippen LogP contribution in [0.15, 0.2) is 194 Å². The fraction of sp³-hybridized carbons (Fsp3) is 0.0545. The minimum atomic E-state index is -0.132. The first-order valence-corrected chi connectivity index (χ1v) is 19.7. The summed E-state index contributed by atoms with van der Waals surface area (Å²) in [5.74, 6) is 0.708. The molecule has 0 spiro atoms. The molecule has 0 amide bonds. The number of benzene rings is 9. The summed E-state index contributed by atoms with van der Waals surface area (Å²) in [4.78, 5) is 10.5. The van der Waals surface area contributed by atoms with Crippen molar-refractivity contribution in [3.05, 3.63) is 205 Å². The fourth-order valence-electron chi connectivity index (χ4n) is 9.31. The van der Waals surface area contributed by atoms with Crippen LogP contribution >= 0.6 is 0 Å². The van der Waals surface area contributed by atoms with Gasteiger partial charge in [-0.25, -0.2) is 9.97 Å². The lowest BCUT2D eigenvalue weighted by atomic mass is 9.79. The van der Waals surface area contributed by atoms with Gasteiger partial charge in [-0.3, -0.25) is 0 Å². The lowest BCUT2D eigenvalue weighted by Gasteiger charge is -2.24. The van der Waals surface area contributed by atoms with Crippen molar-refractivity contribution >= 4 is 32.3 Å². The maximum Gasteiger partial charge on any atom is 0.160 e. The van der Waals surface area contributed by atoms with Crippen molar-refractivity contribution in [2.24, 2.45) is 0 Å². The highest BCUT2D eigenvalue weighted by molar-refractivity contribution is 6.06. The molecule has 57 heavy (non-hydrogen) atoms. The molecule has 0 atom stereocenters. The summed E-state index contributed by atoms with van der Waals surface area (Å²) < 4.78 is 0. The van der Waals surface area contributed by atoms with E-state index in [1.54, 1.807) is 0 Å². The number of hydrogen-bond acceptors (Lipinski definition) is 2. The SMILES string of the molecule is CC1(C)c2cc(-c3ccc(-c4cc(-c5cccc(-c6cccc7ccccc67)c5)nc(-c5ccccc5)n4)c4ccccc34)ccc2-c2ccc3ccccc3c21. The highest BCUT2D eigenvalue weighted by atomic mass is 14.9. The minimum Gasteiger partial charge on any atom is -0.228 e. The van der Waals surface area contributed by atoms with Gasteiger partial charge in [0.25, 0.3) is 0 Å². The summed E-state index contributed by atoms with van der Waals surface area (Å²) in [7, 11) is 0. The van der Waals surface area contributed by atoms with Crippen LogP contribution in [0.4, 0.5) is 0 Å². The molecule has 1 aromatic heterocycles. The molecule has 0 fully saturated rings. The van der Waals surface area contributed by atoms with E-state index in [2.05, 4.69) is 202 Å². The van der Waals surface area contributed by atoms with E-state index in [-0.39, 0.29) is 5.41 Å². The molecule has 0 saturated carbocycles. The summed E-state index contributed by atoms with van der Waals surface area (Å²) in [5.41, 5.74) is 15.1. The van der Waals surface area contributed by atoms with Crippen LogP contribution in [-0.4, -0.2) is 9.97 Å². The van der Waals surface area contributed by atoms with Crippen molar-refractivity contribution in [3.63, 3.8) is 0 Å². The first kappa shape index (κ1) is 33.2. The molecule has 0 saturated heterocycles. The second kappa shape index (κ2) is 13.0. The summed E-state index contributed by atoms with van der Waals surface area (Å²) in [6.07, 6.45) is 0. The van der Waals surface area contributed by atoms with E-state index >= 15 is 0 Å². The van der Waals surface area contributed by atoms with Gasteiger partial charge in [0.15, 0.2) is 5.82 Å². The van der Waals surface area contributed by atoms with E-state index in [0.717, 1.165) is 39.0 Å². The highest BCUT2D eigenvalue weighted by Crippen LogP contribution is 2.52. The lowest BCUT2D eigenvalue weighted by molar-refractivity contribution is 0.666. The Bertz CT molecular complexity index is 3210. The van der Waals surface area contributed by atoms with E-state index < -0.39 is 0 Å². The third-order valence-corrected chi connectivity index (χ3v) is 12.1. The molecule has 2 heteroatoms. The molecule has 0 aliphatic heterocycles. The summed E-state index contributed by atoms with van der Waals surface area (Å²) in [6, 6.07) is 70.1. The number of fused-ring (bicyclic) bond motifs is 7. The fourth-order valence-corrected chi connectivity index (χ4v) is 9.31. The minimum absolute atomic E-state index is 0.132. The largest absolute Gasteiger partial charge is 0.228 e. The average molecular weight is 727 g/mol. The van der Waals surface area contributed by atoms with Crippen molar-refractivity contribution in [2.75, 3.05) is 0 Å². The smallest absolute Gasteiger partial charge is 0.160 e. The van der Waals surface area contributed by atoms with Gasteiger partial charge in [-0.1, -0.05) is 190 Å². The zero-order valence-corrected chi connectivity index (χ0v) is 31.9. The molecule has 268 valence electrons. The maximum absolute atomic E-state index is 5.28. The van der Waals surface area contributed by atoms with E-state index in [0.29, 0.717) is 5.82 Å². The molecule has 11 rings (SSSR count). The Morgan fingerprint density at radius 3 is 1.70 bits per heavy atom. The second-order valence-corrected chi connectivity index (χ2v) is 15.7. The molecule has 2 nitrogen and oxygen atoms in total. The van der Waals surface area contributed by atoms with Crippen LogP contribution in [0.3, 0.4) is 0 Å². The van der Waals surface area contributed by atoms with Crippen molar-refractivity contribution in [1.82, 2.24) is 9.97 Å². The van der Waals surface area contributed by atoms with E-state index in [1.165, 1.54) is 65.9 Å². The van der Waals surface area contributed by atoms with Crippen LogP contribution in [0.25, 0.3) is 99.6 Å². The van der Waals surface area contributed by atoms with Crippen LogP contribution < -0.4 is 0 Å². The molecule has 9 aromatic carbocycles. The van der Waals surface area contributed by atoms with Gasteiger partial charge in [0.1, 0.15) is 0 Å². The Labute approximate surface area is 332 Å². The molecular weight excluding hydrogens is 689 g/mol. The maximum atomic E-state index is 5.28. The van der Waals surface area contributed by atoms with Crippen molar-refractivity contribution in [2.45, 2.75) is 19.3 Å².